The average Bonchev–Trinajstić information content (AvgIpc) is 2.88. The highest BCUT2D eigenvalue weighted by molar-refractivity contribution is 4.69. The fraction of sp³-hybridized carbons (Fsp3) is 1.00. The number of nitrogens with one attached hydrogen (secondary N) is 2. The average molecular weight is 471 g/mol. The summed E-state index contributed by atoms with van der Waals surface area (Å²) in [7, 11) is 0. The van der Waals surface area contributed by atoms with Crippen LogP contribution in [0, 0.1) is 0 Å². The van der Waals surface area contributed by atoms with Gasteiger partial charge in [-0.05, 0) is 39.0 Å². The molecule has 33 heavy (non-hydrogen) atoms. The SMILES string of the molecule is C(CNCCN1CCOCC1)CN(CCCNCCN1CCOCC1)CCN1CCOCC1. The van der Waals surface area contributed by atoms with Crippen molar-refractivity contribution in [2.45, 2.75) is 12.8 Å². The molecule has 3 aliphatic heterocycles. The van der Waals surface area contributed by atoms with E-state index < -0.39 is 0 Å². The van der Waals surface area contributed by atoms with Crippen LogP contribution < -0.4 is 10.6 Å². The van der Waals surface area contributed by atoms with Crippen molar-refractivity contribution >= 4 is 0 Å². The molecule has 0 aromatic carbocycles. The molecule has 0 aliphatic carbocycles. The standard InChI is InChI=1S/C24H50N6O3/c1(3-25-5-9-28-13-19-31-20-14-28)7-27(11-12-30-17-23-33-24-18-30)8-2-4-26-6-10-29-15-21-32-22-16-29/h25-26H,1-24H2. The zero-order valence-electron chi connectivity index (χ0n) is 21.0. The van der Waals surface area contributed by atoms with Crippen molar-refractivity contribution in [1.82, 2.24) is 30.2 Å². The molecule has 0 aromatic heterocycles. The lowest BCUT2D eigenvalue weighted by atomic mass is 10.3. The van der Waals surface area contributed by atoms with Gasteiger partial charge in [-0.25, -0.2) is 0 Å². The second-order valence-electron chi connectivity index (χ2n) is 9.41. The number of hydrogen-bond acceptors (Lipinski definition) is 9. The van der Waals surface area contributed by atoms with Crippen molar-refractivity contribution in [3.63, 3.8) is 0 Å². The van der Waals surface area contributed by atoms with E-state index in [2.05, 4.69) is 30.2 Å². The minimum absolute atomic E-state index is 0.889. The highest BCUT2D eigenvalue weighted by Crippen LogP contribution is 2.01. The van der Waals surface area contributed by atoms with Crippen LogP contribution in [0.15, 0.2) is 0 Å². The molecule has 0 amide bonds. The second kappa shape index (κ2) is 18.0. The Labute approximate surface area is 202 Å². The van der Waals surface area contributed by atoms with E-state index in [1.165, 1.54) is 32.5 Å². The molecule has 0 aromatic rings. The number of ether oxygens (including phenoxy) is 3. The summed E-state index contributed by atoms with van der Waals surface area (Å²) in [6, 6.07) is 0. The molecule has 3 aliphatic rings. The van der Waals surface area contributed by atoms with Crippen molar-refractivity contribution in [3.05, 3.63) is 0 Å². The topological polar surface area (TPSA) is 64.7 Å². The molecule has 0 saturated carbocycles. The summed E-state index contributed by atoms with van der Waals surface area (Å²) >= 11 is 0. The minimum Gasteiger partial charge on any atom is -0.379 e. The molecular weight excluding hydrogens is 420 g/mol. The van der Waals surface area contributed by atoms with Gasteiger partial charge < -0.3 is 29.7 Å². The summed E-state index contributed by atoms with van der Waals surface area (Å²) in [5.41, 5.74) is 0. The van der Waals surface area contributed by atoms with E-state index in [9.17, 15) is 0 Å². The summed E-state index contributed by atoms with van der Waals surface area (Å²) in [5.74, 6) is 0. The summed E-state index contributed by atoms with van der Waals surface area (Å²) in [5, 5.41) is 7.29. The van der Waals surface area contributed by atoms with Gasteiger partial charge in [0, 0.05) is 78.5 Å². The van der Waals surface area contributed by atoms with Gasteiger partial charge in [0.2, 0.25) is 0 Å². The molecule has 2 N–H and O–H groups in total. The van der Waals surface area contributed by atoms with Gasteiger partial charge in [0.1, 0.15) is 0 Å². The van der Waals surface area contributed by atoms with Gasteiger partial charge in [-0.1, -0.05) is 0 Å². The van der Waals surface area contributed by atoms with E-state index in [1.807, 2.05) is 0 Å². The van der Waals surface area contributed by atoms with E-state index in [0.29, 0.717) is 0 Å². The Kier molecular flexibility index (Phi) is 14.8. The van der Waals surface area contributed by atoms with Crippen LogP contribution in [0.5, 0.6) is 0 Å². The third kappa shape index (κ3) is 12.8. The molecule has 0 radical (unpaired) electrons. The van der Waals surface area contributed by atoms with Crippen molar-refractivity contribution in [2.24, 2.45) is 0 Å². The first-order valence-corrected chi connectivity index (χ1v) is 13.4. The van der Waals surface area contributed by atoms with Crippen LogP contribution in [0.25, 0.3) is 0 Å². The highest BCUT2D eigenvalue weighted by atomic mass is 16.5. The van der Waals surface area contributed by atoms with Crippen molar-refractivity contribution in [1.29, 1.82) is 0 Å². The third-order valence-electron chi connectivity index (χ3n) is 6.91. The van der Waals surface area contributed by atoms with E-state index >= 15 is 0 Å². The molecule has 9 heteroatoms. The Hall–Kier alpha value is -0.360. The van der Waals surface area contributed by atoms with Crippen LogP contribution in [0.3, 0.4) is 0 Å². The smallest absolute Gasteiger partial charge is 0.0594 e. The van der Waals surface area contributed by atoms with E-state index in [4.69, 9.17) is 14.2 Å². The normalized spacial score (nSPS) is 21.7. The fourth-order valence-electron chi connectivity index (χ4n) is 4.67. The molecule has 3 fully saturated rings. The quantitative estimate of drug-likeness (QED) is 0.267. The van der Waals surface area contributed by atoms with Gasteiger partial charge in [0.15, 0.2) is 0 Å². The fourth-order valence-corrected chi connectivity index (χ4v) is 4.67. The van der Waals surface area contributed by atoms with Crippen LogP contribution in [0.4, 0.5) is 0 Å². The van der Waals surface area contributed by atoms with Crippen LogP contribution in [0.2, 0.25) is 0 Å². The zero-order chi connectivity index (χ0) is 22.8. The molecule has 0 unspecified atom stereocenters. The van der Waals surface area contributed by atoms with Crippen LogP contribution in [-0.2, 0) is 14.2 Å². The number of nitrogens with zero attached hydrogens (tertiary/aromatic N) is 4. The van der Waals surface area contributed by atoms with E-state index in [0.717, 1.165) is 125 Å². The number of rotatable bonds is 17. The summed E-state index contributed by atoms with van der Waals surface area (Å²) in [4.78, 5) is 10.2. The Balaban J connectivity index is 1.23. The van der Waals surface area contributed by atoms with Crippen molar-refractivity contribution < 1.29 is 14.2 Å². The molecule has 194 valence electrons. The molecule has 9 nitrogen and oxygen atoms in total. The van der Waals surface area contributed by atoms with Gasteiger partial charge in [0.25, 0.3) is 0 Å². The Bertz CT molecular complexity index is 427. The minimum atomic E-state index is 0.889. The largest absolute Gasteiger partial charge is 0.379 e. The van der Waals surface area contributed by atoms with Gasteiger partial charge in [-0.15, -0.1) is 0 Å². The van der Waals surface area contributed by atoms with Crippen LogP contribution in [-0.4, -0.2) is 164 Å². The summed E-state index contributed by atoms with van der Waals surface area (Å²) in [6.07, 6.45) is 2.44. The van der Waals surface area contributed by atoms with E-state index in [-0.39, 0.29) is 0 Å². The zero-order valence-corrected chi connectivity index (χ0v) is 21.0. The number of hydrogen-bond donors (Lipinski definition) is 2. The monoisotopic (exact) mass is 470 g/mol. The summed E-state index contributed by atoms with van der Waals surface area (Å²) < 4.78 is 16.4. The lowest BCUT2D eigenvalue weighted by Crippen LogP contribution is -2.43. The third-order valence-corrected chi connectivity index (χ3v) is 6.91. The van der Waals surface area contributed by atoms with Gasteiger partial charge in [-0.3, -0.25) is 14.7 Å². The maximum absolute atomic E-state index is 5.51. The summed E-state index contributed by atoms with van der Waals surface area (Å²) in [6.45, 7) is 23.2. The first-order chi connectivity index (χ1) is 16.4. The molecule has 0 atom stereocenters. The van der Waals surface area contributed by atoms with E-state index in [1.54, 1.807) is 0 Å². The Morgan fingerprint density at radius 3 is 1.30 bits per heavy atom. The second-order valence-corrected chi connectivity index (χ2v) is 9.41. The van der Waals surface area contributed by atoms with Gasteiger partial charge in [-0.2, -0.15) is 0 Å². The Morgan fingerprint density at radius 1 is 0.485 bits per heavy atom. The highest BCUT2D eigenvalue weighted by Gasteiger charge is 2.13. The lowest BCUT2D eigenvalue weighted by Gasteiger charge is -2.30. The Morgan fingerprint density at radius 2 is 0.879 bits per heavy atom. The lowest BCUT2D eigenvalue weighted by molar-refractivity contribution is 0.0332. The molecular formula is C24H50N6O3. The molecule has 3 saturated heterocycles. The maximum Gasteiger partial charge on any atom is 0.0594 e. The molecule has 0 spiro atoms. The van der Waals surface area contributed by atoms with Crippen molar-refractivity contribution in [2.75, 3.05) is 144 Å². The van der Waals surface area contributed by atoms with Crippen LogP contribution >= 0.6 is 0 Å². The first-order valence-electron chi connectivity index (χ1n) is 13.4. The molecule has 3 heterocycles. The first kappa shape index (κ1) is 27.2. The van der Waals surface area contributed by atoms with Crippen molar-refractivity contribution in [3.8, 4) is 0 Å². The predicted octanol–water partition coefficient (Wildman–Crippen LogP) is -0.756. The molecule has 0 bridgehead atoms. The number of morpholine rings is 3. The molecule has 3 rings (SSSR count). The maximum atomic E-state index is 5.51. The van der Waals surface area contributed by atoms with Gasteiger partial charge in [0.05, 0.1) is 39.6 Å². The van der Waals surface area contributed by atoms with Crippen LogP contribution in [0.1, 0.15) is 12.8 Å². The predicted molar refractivity (Wildman–Crippen MR) is 133 cm³/mol. The van der Waals surface area contributed by atoms with Gasteiger partial charge >= 0.3 is 0 Å².